The highest BCUT2D eigenvalue weighted by Gasteiger charge is 2.30. The molecule has 2 heterocycles. The third-order valence-corrected chi connectivity index (χ3v) is 9.54. The van der Waals surface area contributed by atoms with E-state index in [0.29, 0.717) is 45.4 Å². The molecule has 13 heteroatoms. The van der Waals surface area contributed by atoms with Crippen molar-refractivity contribution in [2.45, 2.75) is 30.6 Å². The standard InChI is InChI=1S/C32H29F2N5O4S2/c1-38(2)22-9-6-20(7-10-22)23-16-21(8-11-25(23)33)30-24(13-19-5-12-29(26(34)14-19)45(35,42)43)28(15-18-3-4-18)39(37-30)32-36-27(17-44-32)31(40)41/h5-12,14,16-18H,3-4,13,15H2,1-2H3,(H,40,41)(H2,35,42,43). The van der Waals surface area contributed by atoms with Crippen LogP contribution in [-0.4, -0.2) is 48.4 Å². The average Bonchev–Trinajstić information content (AvgIpc) is 3.55. The van der Waals surface area contributed by atoms with Crippen LogP contribution in [0.15, 0.2) is 70.9 Å². The minimum Gasteiger partial charge on any atom is -0.476 e. The number of carboxylic acids is 1. The molecule has 3 aromatic carbocycles. The van der Waals surface area contributed by atoms with Crippen LogP contribution in [0.3, 0.4) is 0 Å². The lowest BCUT2D eigenvalue weighted by atomic mass is 9.95. The van der Waals surface area contributed by atoms with Gasteiger partial charge in [-0.15, -0.1) is 11.3 Å². The zero-order chi connectivity index (χ0) is 32.0. The summed E-state index contributed by atoms with van der Waals surface area (Å²) in [5, 5.41) is 21.4. The van der Waals surface area contributed by atoms with Crippen molar-refractivity contribution in [3.63, 3.8) is 0 Å². The highest BCUT2D eigenvalue weighted by molar-refractivity contribution is 7.89. The van der Waals surface area contributed by atoms with Gasteiger partial charge >= 0.3 is 5.97 Å². The van der Waals surface area contributed by atoms with E-state index in [1.807, 2.05) is 43.3 Å². The van der Waals surface area contributed by atoms with Crippen molar-refractivity contribution in [1.29, 1.82) is 0 Å². The average molecular weight is 650 g/mol. The van der Waals surface area contributed by atoms with Crippen LogP contribution in [-0.2, 0) is 22.9 Å². The first-order chi connectivity index (χ1) is 21.4. The molecule has 0 amide bonds. The summed E-state index contributed by atoms with van der Waals surface area (Å²) in [5.74, 6) is -2.17. The van der Waals surface area contributed by atoms with Gasteiger partial charge in [-0.2, -0.15) is 5.10 Å². The van der Waals surface area contributed by atoms with Gasteiger partial charge in [0.05, 0.1) is 11.4 Å². The van der Waals surface area contributed by atoms with Crippen molar-refractivity contribution in [2.75, 3.05) is 19.0 Å². The summed E-state index contributed by atoms with van der Waals surface area (Å²) in [6.45, 7) is 0. The Morgan fingerprint density at radius 3 is 2.36 bits per heavy atom. The number of hydrogen-bond donors (Lipinski definition) is 2. The molecule has 5 aromatic rings. The number of carboxylic acid groups (broad SMARTS) is 1. The largest absolute Gasteiger partial charge is 0.476 e. The fourth-order valence-electron chi connectivity index (χ4n) is 5.25. The Balaban J connectivity index is 1.52. The number of benzene rings is 3. The normalized spacial score (nSPS) is 13.3. The molecule has 1 aliphatic carbocycles. The van der Waals surface area contributed by atoms with E-state index in [9.17, 15) is 22.7 Å². The molecule has 9 nitrogen and oxygen atoms in total. The second kappa shape index (κ2) is 11.8. The molecule has 2 aromatic heterocycles. The zero-order valence-corrected chi connectivity index (χ0v) is 26.0. The fourth-order valence-corrected chi connectivity index (χ4v) is 6.61. The number of aromatic nitrogens is 3. The minimum absolute atomic E-state index is 0.114. The van der Waals surface area contributed by atoms with Gasteiger partial charge in [0.2, 0.25) is 15.2 Å². The number of rotatable bonds is 10. The molecular formula is C32H29F2N5O4S2. The Labute approximate surface area is 262 Å². The van der Waals surface area contributed by atoms with Crippen molar-refractivity contribution in [1.82, 2.24) is 14.8 Å². The van der Waals surface area contributed by atoms with E-state index < -0.39 is 32.5 Å². The number of halogens is 2. The number of nitrogens with two attached hydrogens (primary N) is 1. The van der Waals surface area contributed by atoms with E-state index in [-0.39, 0.29) is 12.1 Å². The van der Waals surface area contributed by atoms with Crippen LogP contribution in [0.25, 0.3) is 27.5 Å². The van der Waals surface area contributed by atoms with Gasteiger partial charge in [-0.05, 0) is 78.8 Å². The molecule has 0 aliphatic heterocycles. The number of sulfonamides is 1. The molecule has 0 bridgehead atoms. The molecule has 3 N–H and O–H groups in total. The first-order valence-corrected chi connectivity index (χ1v) is 16.5. The van der Waals surface area contributed by atoms with Crippen molar-refractivity contribution in [2.24, 2.45) is 11.1 Å². The molecular weight excluding hydrogens is 621 g/mol. The van der Waals surface area contributed by atoms with Crippen LogP contribution in [0.4, 0.5) is 14.5 Å². The molecule has 6 rings (SSSR count). The second-order valence-corrected chi connectivity index (χ2v) is 13.6. The third kappa shape index (κ3) is 6.37. The van der Waals surface area contributed by atoms with Gasteiger partial charge in [0, 0.05) is 48.3 Å². The fraction of sp³-hybridized carbons (Fsp3) is 0.219. The molecule has 0 spiro atoms. The van der Waals surface area contributed by atoms with Crippen LogP contribution >= 0.6 is 11.3 Å². The van der Waals surface area contributed by atoms with Gasteiger partial charge < -0.3 is 10.0 Å². The van der Waals surface area contributed by atoms with Crippen molar-refractivity contribution in [3.8, 4) is 27.5 Å². The van der Waals surface area contributed by atoms with Gasteiger partial charge in [0.15, 0.2) is 5.69 Å². The van der Waals surface area contributed by atoms with E-state index in [1.165, 1.54) is 17.5 Å². The predicted octanol–water partition coefficient (Wildman–Crippen LogP) is 5.90. The van der Waals surface area contributed by atoms with E-state index >= 15 is 4.39 Å². The SMILES string of the molecule is CN(C)c1ccc(-c2cc(-c3nn(-c4nc(C(=O)O)cs4)c(CC4CC4)c3Cc3ccc(S(N)(=O)=O)c(F)c3)ccc2F)cc1. The highest BCUT2D eigenvalue weighted by atomic mass is 32.2. The van der Waals surface area contributed by atoms with E-state index in [4.69, 9.17) is 10.2 Å². The van der Waals surface area contributed by atoms with Gasteiger partial charge in [-0.25, -0.2) is 36.8 Å². The molecule has 1 saturated carbocycles. The van der Waals surface area contributed by atoms with Crippen LogP contribution in [0, 0.1) is 17.6 Å². The maximum atomic E-state index is 15.3. The lowest BCUT2D eigenvalue weighted by molar-refractivity contribution is 0.0691. The molecule has 0 unspecified atom stereocenters. The number of anilines is 1. The summed E-state index contributed by atoms with van der Waals surface area (Å²) < 4.78 is 55.5. The number of primary sulfonamides is 1. The maximum absolute atomic E-state index is 15.3. The Morgan fingerprint density at radius 2 is 1.76 bits per heavy atom. The number of aromatic carboxylic acids is 1. The Kier molecular flexibility index (Phi) is 8.02. The van der Waals surface area contributed by atoms with Crippen LogP contribution in [0.5, 0.6) is 0 Å². The van der Waals surface area contributed by atoms with Crippen molar-refractivity contribution < 1.29 is 27.1 Å². The van der Waals surface area contributed by atoms with Gasteiger partial charge in [-0.3, -0.25) is 0 Å². The van der Waals surface area contributed by atoms with Gasteiger partial charge in [-0.1, -0.05) is 18.2 Å². The molecule has 0 radical (unpaired) electrons. The molecule has 1 aliphatic rings. The molecule has 0 atom stereocenters. The summed E-state index contributed by atoms with van der Waals surface area (Å²) in [6.07, 6.45) is 2.81. The van der Waals surface area contributed by atoms with Crippen LogP contribution in [0.2, 0.25) is 0 Å². The third-order valence-electron chi connectivity index (χ3n) is 7.78. The Bertz CT molecular complexity index is 2030. The van der Waals surface area contributed by atoms with Gasteiger partial charge in [0.25, 0.3) is 0 Å². The van der Waals surface area contributed by atoms with Crippen LogP contribution in [0.1, 0.15) is 40.2 Å². The molecule has 232 valence electrons. The maximum Gasteiger partial charge on any atom is 0.355 e. The van der Waals surface area contributed by atoms with E-state index in [0.717, 1.165) is 53.3 Å². The first kappa shape index (κ1) is 30.6. The van der Waals surface area contributed by atoms with Crippen molar-refractivity contribution in [3.05, 3.63) is 100 Å². The molecule has 0 saturated heterocycles. The number of thiazole rings is 1. The smallest absolute Gasteiger partial charge is 0.355 e. The lowest BCUT2D eigenvalue weighted by Gasteiger charge is -2.13. The molecule has 45 heavy (non-hydrogen) atoms. The lowest BCUT2D eigenvalue weighted by Crippen LogP contribution is -2.14. The quantitative estimate of drug-likeness (QED) is 0.193. The number of carbonyl (C=O) groups is 1. The summed E-state index contributed by atoms with van der Waals surface area (Å²) in [5.41, 5.74) is 4.96. The van der Waals surface area contributed by atoms with Crippen LogP contribution < -0.4 is 10.0 Å². The summed E-state index contributed by atoms with van der Waals surface area (Å²) in [7, 11) is -0.414. The predicted molar refractivity (Wildman–Crippen MR) is 168 cm³/mol. The monoisotopic (exact) mass is 649 g/mol. The number of nitrogens with zero attached hydrogens (tertiary/aromatic N) is 4. The topological polar surface area (TPSA) is 131 Å². The minimum atomic E-state index is -4.25. The zero-order valence-electron chi connectivity index (χ0n) is 24.4. The van der Waals surface area contributed by atoms with Crippen molar-refractivity contribution >= 4 is 33.0 Å². The molecule has 1 fully saturated rings. The van der Waals surface area contributed by atoms with E-state index in [2.05, 4.69) is 4.98 Å². The Hall–Kier alpha value is -4.46. The summed E-state index contributed by atoms with van der Waals surface area (Å²) in [6, 6.07) is 16.0. The Morgan fingerprint density at radius 1 is 1.04 bits per heavy atom. The van der Waals surface area contributed by atoms with Gasteiger partial charge in [0.1, 0.15) is 16.5 Å². The van der Waals surface area contributed by atoms with E-state index in [1.54, 1.807) is 16.8 Å². The summed E-state index contributed by atoms with van der Waals surface area (Å²) in [4.78, 5) is 17.3. The highest BCUT2D eigenvalue weighted by Crippen LogP contribution is 2.39. The summed E-state index contributed by atoms with van der Waals surface area (Å²) >= 11 is 1.13. The second-order valence-electron chi connectivity index (χ2n) is 11.3. The number of hydrogen-bond acceptors (Lipinski definition) is 7. The first-order valence-electron chi connectivity index (χ1n) is 14.1.